The number of halogens is 1. The summed E-state index contributed by atoms with van der Waals surface area (Å²) in [5.74, 6) is 0.715. The normalized spacial score (nSPS) is 15.8. The third-order valence-corrected chi connectivity index (χ3v) is 5.97. The Labute approximate surface area is 174 Å². The molecule has 26 heavy (non-hydrogen) atoms. The van der Waals surface area contributed by atoms with E-state index in [0.29, 0.717) is 37.0 Å². The van der Waals surface area contributed by atoms with Gasteiger partial charge in [-0.3, -0.25) is 0 Å². The van der Waals surface area contributed by atoms with Crippen molar-refractivity contribution in [1.29, 1.82) is 0 Å². The number of piperidine rings is 1. The zero-order chi connectivity index (χ0) is 18.1. The molecule has 6 nitrogen and oxygen atoms in total. The van der Waals surface area contributed by atoms with Crippen LogP contribution in [0.25, 0.3) is 0 Å². The van der Waals surface area contributed by atoms with Crippen LogP contribution >= 0.6 is 24.0 Å². The molecule has 0 bridgehead atoms. The molecule has 0 unspecified atom stereocenters. The van der Waals surface area contributed by atoms with Gasteiger partial charge in [-0.05, 0) is 37.5 Å². The predicted octanol–water partition coefficient (Wildman–Crippen LogP) is 2.72. The highest BCUT2D eigenvalue weighted by atomic mass is 127. The van der Waals surface area contributed by atoms with Crippen molar-refractivity contribution >= 4 is 40.0 Å². The second-order valence-electron chi connectivity index (χ2n) is 5.97. The molecule has 1 aliphatic heterocycles. The summed E-state index contributed by atoms with van der Waals surface area (Å²) < 4.78 is 26.9. The quantitative estimate of drug-likeness (QED) is 0.266. The number of rotatable bonds is 7. The minimum atomic E-state index is -3.37. The molecule has 1 aliphatic rings. The number of guanidine groups is 1. The number of nitrogens with zero attached hydrogens (tertiary/aromatic N) is 2. The first-order valence-corrected chi connectivity index (χ1v) is 10.2. The summed E-state index contributed by atoms with van der Waals surface area (Å²) in [5.41, 5.74) is 0.966. The second kappa shape index (κ2) is 11.6. The van der Waals surface area contributed by atoms with Gasteiger partial charge in [0.25, 0.3) is 0 Å². The number of sulfonamides is 1. The molecule has 1 aromatic carbocycles. The summed E-state index contributed by atoms with van der Waals surface area (Å²) >= 11 is 0. The maximum absolute atomic E-state index is 12.6. The Morgan fingerprint density at radius 1 is 1.19 bits per heavy atom. The van der Waals surface area contributed by atoms with Crippen LogP contribution in [-0.2, 0) is 16.6 Å². The molecule has 2 rings (SSSR count). The van der Waals surface area contributed by atoms with E-state index < -0.39 is 10.0 Å². The predicted molar refractivity (Wildman–Crippen MR) is 117 cm³/mol. The molecule has 0 aromatic heterocycles. The molecular weight excluding hydrogens is 463 g/mol. The Bertz CT molecular complexity index is 684. The molecule has 1 aromatic rings. The van der Waals surface area contributed by atoms with Gasteiger partial charge in [0.05, 0.1) is 11.4 Å². The van der Waals surface area contributed by atoms with Crippen molar-refractivity contribution in [3.8, 4) is 0 Å². The van der Waals surface area contributed by atoms with Crippen molar-refractivity contribution in [3.63, 3.8) is 0 Å². The van der Waals surface area contributed by atoms with Crippen molar-refractivity contribution in [2.45, 2.75) is 37.6 Å². The van der Waals surface area contributed by atoms with Crippen LogP contribution in [0.2, 0.25) is 0 Å². The minimum absolute atomic E-state index is 0. The van der Waals surface area contributed by atoms with Gasteiger partial charge in [0, 0.05) is 26.2 Å². The SMILES string of the molecule is C=CCNC(=NCc1ccc(S(=O)(=O)N2CCCCC2)cc1)NCC.I. The minimum Gasteiger partial charge on any atom is -0.357 e. The fourth-order valence-corrected chi connectivity index (χ4v) is 4.22. The summed E-state index contributed by atoms with van der Waals surface area (Å²) in [6.45, 7) is 8.82. The van der Waals surface area contributed by atoms with Crippen molar-refractivity contribution in [1.82, 2.24) is 14.9 Å². The molecule has 8 heteroatoms. The highest BCUT2D eigenvalue weighted by molar-refractivity contribution is 14.0. The van der Waals surface area contributed by atoms with Crippen LogP contribution < -0.4 is 10.6 Å². The van der Waals surface area contributed by atoms with Crippen LogP contribution in [0.1, 0.15) is 31.7 Å². The first-order chi connectivity index (χ1) is 12.1. The summed E-state index contributed by atoms with van der Waals surface area (Å²) in [6, 6.07) is 7.02. The molecular formula is C18H29IN4O2S. The Balaban J connectivity index is 0.00000338. The number of hydrogen-bond acceptors (Lipinski definition) is 3. The highest BCUT2D eigenvalue weighted by Gasteiger charge is 2.25. The van der Waals surface area contributed by atoms with Crippen molar-refractivity contribution in [2.24, 2.45) is 4.99 Å². The monoisotopic (exact) mass is 492 g/mol. The molecule has 146 valence electrons. The maximum Gasteiger partial charge on any atom is 0.243 e. The first kappa shape index (κ1) is 22.9. The second-order valence-corrected chi connectivity index (χ2v) is 7.91. The average molecular weight is 492 g/mol. The largest absolute Gasteiger partial charge is 0.357 e. The number of nitrogens with one attached hydrogen (secondary N) is 2. The van der Waals surface area contributed by atoms with Gasteiger partial charge >= 0.3 is 0 Å². The van der Waals surface area contributed by atoms with Gasteiger partial charge in [-0.15, -0.1) is 30.6 Å². The zero-order valence-electron chi connectivity index (χ0n) is 15.3. The lowest BCUT2D eigenvalue weighted by molar-refractivity contribution is 0.346. The van der Waals surface area contributed by atoms with Crippen LogP contribution in [0.5, 0.6) is 0 Å². The number of hydrogen-bond donors (Lipinski definition) is 2. The molecule has 1 heterocycles. The highest BCUT2D eigenvalue weighted by Crippen LogP contribution is 2.21. The lowest BCUT2D eigenvalue weighted by Crippen LogP contribution is -2.37. The number of aliphatic imine (C=N–C) groups is 1. The Kier molecular flexibility index (Phi) is 10.2. The Morgan fingerprint density at radius 2 is 1.85 bits per heavy atom. The fraction of sp³-hybridized carbons (Fsp3) is 0.500. The molecule has 0 amide bonds. The fourth-order valence-electron chi connectivity index (χ4n) is 2.70. The molecule has 0 atom stereocenters. The summed E-state index contributed by atoms with van der Waals surface area (Å²) in [5, 5.41) is 6.29. The van der Waals surface area contributed by atoms with E-state index >= 15 is 0 Å². The van der Waals surface area contributed by atoms with Gasteiger partial charge in [0.2, 0.25) is 10.0 Å². The van der Waals surface area contributed by atoms with Crippen molar-refractivity contribution in [3.05, 3.63) is 42.5 Å². The van der Waals surface area contributed by atoms with Gasteiger partial charge in [0.15, 0.2) is 5.96 Å². The summed E-state index contributed by atoms with van der Waals surface area (Å²) in [6.07, 6.45) is 4.76. The molecule has 0 aliphatic carbocycles. The van der Waals surface area contributed by atoms with E-state index in [-0.39, 0.29) is 24.0 Å². The molecule has 0 saturated carbocycles. The molecule has 1 saturated heterocycles. The van der Waals surface area contributed by atoms with Crippen molar-refractivity contribution < 1.29 is 8.42 Å². The third kappa shape index (κ3) is 6.55. The van der Waals surface area contributed by atoms with Gasteiger partial charge in [-0.1, -0.05) is 24.6 Å². The van der Waals surface area contributed by atoms with Gasteiger partial charge in [0.1, 0.15) is 0 Å². The topological polar surface area (TPSA) is 73.8 Å². The van der Waals surface area contributed by atoms with Gasteiger partial charge in [-0.2, -0.15) is 4.31 Å². The zero-order valence-corrected chi connectivity index (χ0v) is 18.4. The molecule has 2 N–H and O–H groups in total. The van der Waals surface area contributed by atoms with Crippen LogP contribution in [-0.4, -0.2) is 44.9 Å². The Hall–Kier alpha value is -1.13. The van der Waals surface area contributed by atoms with E-state index in [9.17, 15) is 8.42 Å². The third-order valence-electron chi connectivity index (χ3n) is 4.05. The van der Waals surface area contributed by atoms with E-state index in [1.54, 1.807) is 22.5 Å². The van der Waals surface area contributed by atoms with Crippen LogP contribution in [0.3, 0.4) is 0 Å². The van der Waals surface area contributed by atoms with E-state index in [1.807, 2.05) is 19.1 Å². The van der Waals surface area contributed by atoms with Crippen LogP contribution in [0.4, 0.5) is 0 Å². The lowest BCUT2D eigenvalue weighted by Gasteiger charge is -2.25. The van der Waals surface area contributed by atoms with Gasteiger partial charge in [-0.25, -0.2) is 13.4 Å². The van der Waals surface area contributed by atoms with E-state index in [1.165, 1.54) is 0 Å². The first-order valence-electron chi connectivity index (χ1n) is 8.80. The van der Waals surface area contributed by atoms with Gasteiger partial charge < -0.3 is 10.6 Å². The smallest absolute Gasteiger partial charge is 0.243 e. The Morgan fingerprint density at radius 3 is 2.42 bits per heavy atom. The summed E-state index contributed by atoms with van der Waals surface area (Å²) in [4.78, 5) is 4.85. The molecule has 0 spiro atoms. The molecule has 1 fully saturated rings. The van der Waals surface area contributed by atoms with E-state index in [2.05, 4.69) is 22.2 Å². The van der Waals surface area contributed by atoms with Crippen LogP contribution in [0.15, 0.2) is 46.8 Å². The number of benzene rings is 1. The summed E-state index contributed by atoms with van der Waals surface area (Å²) in [7, 11) is -3.37. The van der Waals surface area contributed by atoms with E-state index in [4.69, 9.17) is 0 Å². The van der Waals surface area contributed by atoms with Crippen molar-refractivity contribution in [2.75, 3.05) is 26.2 Å². The lowest BCUT2D eigenvalue weighted by atomic mass is 10.2. The molecule has 0 radical (unpaired) electrons. The van der Waals surface area contributed by atoms with Crippen LogP contribution in [0, 0.1) is 0 Å². The maximum atomic E-state index is 12.6. The average Bonchev–Trinajstić information content (AvgIpc) is 2.65. The standard InChI is InChI=1S/C18H28N4O2S.HI/c1-3-12-20-18(19-4-2)21-15-16-8-10-17(11-9-16)25(23,24)22-13-6-5-7-14-22;/h3,8-11H,1,4-7,12-15H2,2H3,(H2,19,20,21);1H. The van der Waals surface area contributed by atoms with E-state index in [0.717, 1.165) is 31.4 Å².